The number of hydrogen-bond acceptors (Lipinski definition) is 4. The van der Waals surface area contributed by atoms with Gasteiger partial charge in [0.15, 0.2) is 5.78 Å². The van der Waals surface area contributed by atoms with Gasteiger partial charge in [0.2, 0.25) is 0 Å². The van der Waals surface area contributed by atoms with Crippen LogP contribution < -0.4 is 5.73 Å². The summed E-state index contributed by atoms with van der Waals surface area (Å²) in [6.07, 6.45) is 1.50. The Morgan fingerprint density at radius 3 is 3.00 bits per heavy atom. The highest BCUT2D eigenvalue weighted by Gasteiger charge is 2.08. The average Bonchev–Trinajstić information content (AvgIpc) is 2.53. The molecular formula is C10H13NO2S. The first-order valence-electron chi connectivity index (χ1n) is 4.27. The molecule has 4 heteroatoms. The monoisotopic (exact) mass is 211 g/mol. The maximum atomic E-state index is 10.6. The second kappa shape index (κ2) is 4.93. The minimum atomic E-state index is -0.239. The van der Waals surface area contributed by atoms with Gasteiger partial charge in [-0.3, -0.25) is 4.79 Å². The number of nitrogens with two attached hydrogens (primary N) is 1. The average molecular weight is 211 g/mol. The lowest BCUT2D eigenvalue weighted by atomic mass is 10.1. The molecule has 76 valence electrons. The van der Waals surface area contributed by atoms with E-state index in [1.807, 2.05) is 16.8 Å². The zero-order valence-corrected chi connectivity index (χ0v) is 8.75. The third-order valence-corrected chi connectivity index (χ3v) is 2.47. The van der Waals surface area contributed by atoms with Crippen LogP contribution in [0.4, 0.5) is 0 Å². The molecule has 1 heterocycles. The normalized spacial score (nSPS) is 14.0. The fraction of sp³-hybridized carbons (Fsp3) is 0.300. The van der Waals surface area contributed by atoms with E-state index >= 15 is 0 Å². The Kier molecular flexibility index (Phi) is 3.85. The number of ketones is 1. The van der Waals surface area contributed by atoms with Crippen molar-refractivity contribution in [3.8, 4) is 0 Å². The van der Waals surface area contributed by atoms with Gasteiger partial charge in [-0.25, -0.2) is 0 Å². The van der Waals surface area contributed by atoms with E-state index in [4.69, 9.17) is 5.73 Å². The van der Waals surface area contributed by atoms with Crippen molar-refractivity contribution < 1.29 is 9.90 Å². The minimum Gasteiger partial charge on any atom is -0.512 e. The van der Waals surface area contributed by atoms with E-state index in [9.17, 15) is 9.90 Å². The molecule has 1 rings (SSSR count). The van der Waals surface area contributed by atoms with Crippen molar-refractivity contribution in [1.82, 2.24) is 0 Å². The second-order valence-electron chi connectivity index (χ2n) is 3.11. The fourth-order valence-electron chi connectivity index (χ4n) is 1.12. The number of hydrogen-bond donors (Lipinski definition) is 2. The Balaban J connectivity index is 2.57. The van der Waals surface area contributed by atoms with E-state index < -0.39 is 0 Å². The highest BCUT2D eigenvalue weighted by molar-refractivity contribution is 7.07. The van der Waals surface area contributed by atoms with Crippen LogP contribution in [0.5, 0.6) is 0 Å². The third-order valence-electron chi connectivity index (χ3n) is 1.77. The largest absolute Gasteiger partial charge is 0.512 e. The summed E-state index contributed by atoms with van der Waals surface area (Å²) >= 11 is 1.56. The van der Waals surface area contributed by atoms with Gasteiger partial charge >= 0.3 is 0 Å². The number of aliphatic hydroxyl groups is 1. The number of rotatable bonds is 4. The fourth-order valence-corrected chi connectivity index (χ4v) is 1.85. The zero-order chi connectivity index (χ0) is 10.6. The van der Waals surface area contributed by atoms with Crippen LogP contribution in [-0.2, 0) is 4.79 Å². The van der Waals surface area contributed by atoms with Crippen LogP contribution in [0.2, 0.25) is 0 Å². The lowest BCUT2D eigenvalue weighted by molar-refractivity contribution is -0.112. The first kappa shape index (κ1) is 10.9. The molecule has 14 heavy (non-hydrogen) atoms. The number of carbonyl (C=O) groups is 1. The molecule has 0 bridgehead atoms. The van der Waals surface area contributed by atoms with Crippen LogP contribution in [0.25, 0.3) is 0 Å². The topological polar surface area (TPSA) is 63.3 Å². The van der Waals surface area contributed by atoms with Crippen LogP contribution >= 0.6 is 11.3 Å². The van der Waals surface area contributed by atoms with Gasteiger partial charge in [0.05, 0.1) is 5.76 Å². The molecule has 0 radical (unpaired) electrons. The van der Waals surface area contributed by atoms with Gasteiger partial charge in [-0.15, -0.1) is 0 Å². The summed E-state index contributed by atoms with van der Waals surface area (Å²) in [6, 6.07) is 1.67. The SMILES string of the molecule is CC(=O)/C=C(\O)CC(N)c1ccsc1. The molecule has 0 fully saturated rings. The predicted octanol–water partition coefficient (Wildman–Crippen LogP) is 2.17. The molecule has 0 saturated carbocycles. The Bertz CT molecular complexity index is 330. The van der Waals surface area contributed by atoms with Crippen molar-refractivity contribution in [3.63, 3.8) is 0 Å². The highest BCUT2D eigenvalue weighted by atomic mass is 32.1. The van der Waals surface area contributed by atoms with Gasteiger partial charge in [-0.1, -0.05) is 0 Å². The number of thiophene rings is 1. The summed E-state index contributed by atoms with van der Waals surface area (Å²) < 4.78 is 0. The number of carbonyl (C=O) groups excluding carboxylic acids is 1. The van der Waals surface area contributed by atoms with E-state index in [2.05, 4.69) is 0 Å². The maximum Gasteiger partial charge on any atom is 0.155 e. The summed E-state index contributed by atoms with van der Waals surface area (Å²) in [4.78, 5) is 10.6. The summed E-state index contributed by atoms with van der Waals surface area (Å²) in [6.45, 7) is 1.40. The minimum absolute atomic E-state index is 0.0381. The Hall–Kier alpha value is -1.13. The predicted molar refractivity (Wildman–Crippen MR) is 57.3 cm³/mol. The molecular weight excluding hydrogens is 198 g/mol. The molecule has 0 spiro atoms. The molecule has 1 atom stereocenters. The zero-order valence-electron chi connectivity index (χ0n) is 7.93. The van der Waals surface area contributed by atoms with Crippen molar-refractivity contribution in [3.05, 3.63) is 34.2 Å². The smallest absolute Gasteiger partial charge is 0.155 e. The van der Waals surface area contributed by atoms with Gasteiger partial charge in [0.1, 0.15) is 0 Å². The van der Waals surface area contributed by atoms with Gasteiger partial charge in [0, 0.05) is 18.5 Å². The molecule has 0 aromatic carbocycles. The summed E-state index contributed by atoms with van der Waals surface area (Å²) in [7, 11) is 0. The van der Waals surface area contributed by atoms with Gasteiger partial charge in [-0.2, -0.15) is 11.3 Å². The third kappa shape index (κ3) is 3.32. The molecule has 0 amide bonds. The maximum absolute atomic E-state index is 10.6. The van der Waals surface area contributed by atoms with Crippen molar-refractivity contribution in [2.45, 2.75) is 19.4 Å². The van der Waals surface area contributed by atoms with Crippen LogP contribution in [0, 0.1) is 0 Å². The van der Waals surface area contributed by atoms with Crippen molar-refractivity contribution in [1.29, 1.82) is 0 Å². The summed E-state index contributed by atoms with van der Waals surface area (Å²) in [5.41, 5.74) is 6.80. The van der Waals surface area contributed by atoms with Crippen molar-refractivity contribution in [2.24, 2.45) is 5.73 Å². The van der Waals surface area contributed by atoms with E-state index in [0.717, 1.165) is 5.56 Å². The Morgan fingerprint density at radius 1 is 1.79 bits per heavy atom. The second-order valence-corrected chi connectivity index (χ2v) is 3.89. The molecule has 3 N–H and O–H groups in total. The molecule has 0 saturated heterocycles. The van der Waals surface area contributed by atoms with E-state index in [1.165, 1.54) is 13.0 Å². The number of aliphatic hydroxyl groups excluding tert-OH is 1. The van der Waals surface area contributed by atoms with Crippen LogP contribution in [0.1, 0.15) is 24.9 Å². The van der Waals surface area contributed by atoms with Gasteiger partial charge < -0.3 is 10.8 Å². The molecule has 1 aromatic rings. The molecule has 3 nitrogen and oxygen atoms in total. The highest BCUT2D eigenvalue weighted by Crippen LogP contribution is 2.19. The molecule has 1 aromatic heterocycles. The molecule has 0 aliphatic heterocycles. The quantitative estimate of drug-likeness (QED) is 0.592. The lowest BCUT2D eigenvalue weighted by Gasteiger charge is -2.08. The van der Waals surface area contributed by atoms with Crippen LogP contribution in [-0.4, -0.2) is 10.9 Å². The Morgan fingerprint density at radius 2 is 2.50 bits per heavy atom. The van der Waals surface area contributed by atoms with E-state index in [0.29, 0.717) is 6.42 Å². The molecule has 0 aliphatic carbocycles. The van der Waals surface area contributed by atoms with Gasteiger partial charge in [0.25, 0.3) is 0 Å². The summed E-state index contributed by atoms with van der Waals surface area (Å²) in [5.74, 6) is -0.129. The van der Waals surface area contributed by atoms with Crippen LogP contribution in [0.15, 0.2) is 28.7 Å². The standard InChI is InChI=1S/C10H13NO2S/c1-7(12)4-9(13)5-10(11)8-2-3-14-6-8/h2-4,6,10,13H,5,11H2,1H3/b9-4-. The number of allylic oxidation sites excluding steroid dienone is 1. The van der Waals surface area contributed by atoms with E-state index in [-0.39, 0.29) is 17.6 Å². The van der Waals surface area contributed by atoms with Crippen molar-refractivity contribution in [2.75, 3.05) is 0 Å². The first-order valence-corrected chi connectivity index (χ1v) is 5.21. The lowest BCUT2D eigenvalue weighted by Crippen LogP contribution is -2.10. The first-order chi connectivity index (χ1) is 6.59. The molecule has 0 aliphatic rings. The molecule has 1 unspecified atom stereocenters. The Labute approximate surface area is 86.9 Å². The van der Waals surface area contributed by atoms with Gasteiger partial charge in [-0.05, 0) is 29.3 Å². The van der Waals surface area contributed by atoms with Crippen LogP contribution in [0.3, 0.4) is 0 Å². The van der Waals surface area contributed by atoms with E-state index in [1.54, 1.807) is 11.3 Å². The van der Waals surface area contributed by atoms with Crippen molar-refractivity contribution >= 4 is 17.1 Å². The summed E-state index contributed by atoms with van der Waals surface area (Å²) in [5, 5.41) is 13.2.